The van der Waals surface area contributed by atoms with Crippen LogP contribution < -0.4 is 5.32 Å². The third kappa shape index (κ3) is 3.03. The molecule has 0 aliphatic heterocycles. The first-order valence-electron chi connectivity index (χ1n) is 5.23. The maximum atomic E-state index is 11.8. The summed E-state index contributed by atoms with van der Waals surface area (Å²) in [6.45, 7) is 7.17. The van der Waals surface area contributed by atoms with Gasteiger partial charge in [-0.2, -0.15) is 0 Å². The fourth-order valence-electron chi connectivity index (χ4n) is 1.15. The lowest BCUT2D eigenvalue weighted by atomic mass is 9.95. The molecule has 0 bridgehead atoms. The average molecular weight is 222 g/mol. The Morgan fingerprint density at radius 3 is 2.56 bits per heavy atom. The van der Waals surface area contributed by atoms with E-state index in [1.165, 1.54) is 0 Å². The van der Waals surface area contributed by atoms with Gasteiger partial charge in [-0.25, -0.2) is 0 Å². The second-order valence-corrected chi connectivity index (χ2v) is 4.81. The van der Waals surface area contributed by atoms with Crippen molar-refractivity contribution in [1.29, 1.82) is 0 Å². The lowest BCUT2D eigenvalue weighted by Gasteiger charge is -2.18. The van der Waals surface area contributed by atoms with Crippen LogP contribution in [-0.2, 0) is 11.4 Å². The monoisotopic (exact) mass is 222 g/mol. The van der Waals surface area contributed by atoms with Crippen molar-refractivity contribution in [3.8, 4) is 0 Å². The van der Waals surface area contributed by atoms with E-state index in [1.54, 1.807) is 12.1 Å². The standard InChI is InChI=1S/C12H18N2O2/c1-8-5-6-9(10(7-15)13-8)14-11(16)12(2,3)4/h5-6,15H,7H2,1-4H3,(H,14,16). The number of carbonyl (C=O) groups is 1. The molecule has 88 valence electrons. The summed E-state index contributed by atoms with van der Waals surface area (Å²) in [7, 11) is 0. The molecule has 16 heavy (non-hydrogen) atoms. The number of hydrogen-bond donors (Lipinski definition) is 2. The Labute approximate surface area is 95.7 Å². The maximum Gasteiger partial charge on any atom is 0.229 e. The van der Waals surface area contributed by atoms with Crippen LogP contribution in [-0.4, -0.2) is 16.0 Å². The zero-order chi connectivity index (χ0) is 12.3. The van der Waals surface area contributed by atoms with E-state index < -0.39 is 5.41 Å². The lowest BCUT2D eigenvalue weighted by Crippen LogP contribution is -2.28. The third-order valence-electron chi connectivity index (χ3n) is 2.19. The van der Waals surface area contributed by atoms with E-state index in [2.05, 4.69) is 10.3 Å². The topological polar surface area (TPSA) is 62.2 Å². The Morgan fingerprint density at radius 1 is 1.44 bits per heavy atom. The van der Waals surface area contributed by atoms with E-state index in [9.17, 15) is 4.79 Å². The Bertz CT molecular complexity index is 394. The molecule has 4 nitrogen and oxygen atoms in total. The van der Waals surface area contributed by atoms with Gasteiger partial charge in [-0.15, -0.1) is 0 Å². The molecule has 0 saturated carbocycles. The molecule has 0 atom stereocenters. The smallest absolute Gasteiger partial charge is 0.229 e. The minimum Gasteiger partial charge on any atom is -0.390 e. The van der Waals surface area contributed by atoms with E-state index in [4.69, 9.17) is 5.11 Å². The summed E-state index contributed by atoms with van der Waals surface area (Å²) >= 11 is 0. The molecule has 0 spiro atoms. The normalized spacial score (nSPS) is 11.3. The number of carbonyl (C=O) groups excluding carboxylic acids is 1. The number of nitrogens with one attached hydrogen (secondary N) is 1. The first-order valence-corrected chi connectivity index (χ1v) is 5.23. The van der Waals surface area contributed by atoms with Crippen molar-refractivity contribution in [3.63, 3.8) is 0 Å². The highest BCUT2D eigenvalue weighted by molar-refractivity contribution is 5.94. The van der Waals surface area contributed by atoms with Crippen LogP contribution in [0.1, 0.15) is 32.2 Å². The van der Waals surface area contributed by atoms with Crippen LogP contribution in [0.25, 0.3) is 0 Å². The molecular weight excluding hydrogens is 204 g/mol. The fourth-order valence-corrected chi connectivity index (χ4v) is 1.15. The predicted octanol–water partition coefficient (Wildman–Crippen LogP) is 1.87. The van der Waals surface area contributed by atoms with Gasteiger partial charge in [-0.05, 0) is 19.1 Å². The number of anilines is 1. The molecule has 0 aliphatic rings. The Morgan fingerprint density at radius 2 is 2.06 bits per heavy atom. The number of nitrogens with zero attached hydrogens (tertiary/aromatic N) is 1. The second kappa shape index (κ2) is 4.61. The minimum absolute atomic E-state index is 0.0900. The number of aliphatic hydroxyl groups is 1. The van der Waals surface area contributed by atoms with Gasteiger partial charge in [-0.3, -0.25) is 9.78 Å². The summed E-state index contributed by atoms with van der Waals surface area (Å²) in [5, 5.41) is 11.9. The van der Waals surface area contributed by atoms with Gasteiger partial charge in [0.25, 0.3) is 0 Å². The summed E-state index contributed by atoms with van der Waals surface area (Å²) in [6.07, 6.45) is 0. The molecule has 1 aromatic rings. The summed E-state index contributed by atoms with van der Waals surface area (Å²) in [6, 6.07) is 3.56. The molecule has 1 heterocycles. The van der Waals surface area contributed by atoms with Gasteiger partial charge in [0.2, 0.25) is 5.91 Å². The van der Waals surface area contributed by atoms with Crippen molar-refractivity contribution in [3.05, 3.63) is 23.5 Å². The summed E-state index contributed by atoms with van der Waals surface area (Å²) in [5.41, 5.74) is 1.43. The minimum atomic E-state index is -0.461. The van der Waals surface area contributed by atoms with Crippen LogP contribution in [0.15, 0.2) is 12.1 Å². The molecular formula is C12H18N2O2. The molecule has 0 unspecified atom stereocenters. The Balaban J connectivity index is 2.93. The van der Waals surface area contributed by atoms with Gasteiger partial charge in [-0.1, -0.05) is 20.8 Å². The Hall–Kier alpha value is -1.42. The molecule has 1 amide bonds. The molecule has 0 radical (unpaired) electrons. The quantitative estimate of drug-likeness (QED) is 0.803. The summed E-state index contributed by atoms with van der Waals surface area (Å²) in [4.78, 5) is 15.9. The number of aryl methyl sites for hydroxylation is 1. The number of aromatic nitrogens is 1. The van der Waals surface area contributed by atoms with Gasteiger partial charge in [0, 0.05) is 11.1 Å². The van der Waals surface area contributed by atoms with Crippen LogP contribution in [0.2, 0.25) is 0 Å². The highest BCUT2D eigenvalue weighted by atomic mass is 16.3. The van der Waals surface area contributed by atoms with Crippen molar-refractivity contribution < 1.29 is 9.90 Å². The first kappa shape index (κ1) is 12.6. The largest absolute Gasteiger partial charge is 0.390 e. The highest BCUT2D eigenvalue weighted by Gasteiger charge is 2.22. The molecule has 0 saturated heterocycles. The summed E-state index contributed by atoms with van der Waals surface area (Å²) in [5.74, 6) is -0.0900. The summed E-state index contributed by atoms with van der Waals surface area (Å²) < 4.78 is 0. The molecule has 0 fully saturated rings. The van der Waals surface area contributed by atoms with Crippen molar-refractivity contribution >= 4 is 11.6 Å². The van der Waals surface area contributed by atoms with Crippen molar-refractivity contribution in [2.45, 2.75) is 34.3 Å². The molecule has 2 N–H and O–H groups in total. The molecule has 4 heteroatoms. The number of aliphatic hydroxyl groups excluding tert-OH is 1. The molecule has 0 aliphatic carbocycles. The lowest BCUT2D eigenvalue weighted by molar-refractivity contribution is -0.123. The van der Waals surface area contributed by atoms with E-state index in [1.807, 2.05) is 27.7 Å². The molecule has 0 aromatic carbocycles. The Kier molecular flexibility index (Phi) is 3.65. The maximum absolute atomic E-state index is 11.8. The zero-order valence-corrected chi connectivity index (χ0v) is 10.2. The number of pyridine rings is 1. The van der Waals surface area contributed by atoms with Crippen LogP contribution in [0.4, 0.5) is 5.69 Å². The highest BCUT2D eigenvalue weighted by Crippen LogP contribution is 2.19. The van der Waals surface area contributed by atoms with Crippen LogP contribution >= 0.6 is 0 Å². The van der Waals surface area contributed by atoms with Crippen LogP contribution in [0, 0.1) is 12.3 Å². The SMILES string of the molecule is Cc1ccc(NC(=O)C(C)(C)C)c(CO)n1. The predicted molar refractivity (Wildman–Crippen MR) is 63.0 cm³/mol. The van der Waals surface area contributed by atoms with Crippen molar-refractivity contribution in [1.82, 2.24) is 4.98 Å². The van der Waals surface area contributed by atoms with E-state index in [0.717, 1.165) is 5.69 Å². The van der Waals surface area contributed by atoms with Crippen LogP contribution in [0.3, 0.4) is 0 Å². The average Bonchev–Trinajstić information content (AvgIpc) is 2.19. The van der Waals surface area contributed by atoms with Crippen LogP contribution in [0.5, 0.6) is 0 Å². The van der Waals surface area contributed by atoms with E-state index in [0.29, 0.717) is 11.4 Å². The number of hydrogen-bond acceptors (Lipinski definition) is 3. The number of rotatable bonds is 2. The van der Waals surface area contributed by atoms with Crippen molar-refractivity contribution in [2.75, 3.05) is 5.32 Å². The zero-order valence-electron chi connectivity index (χ0n) is 10.2. The van der Waals surface area contributed by atoms with Gasteiger partial charge in [0.15, 0.2) is 0 Å². The van der Waals surface area contributed by atoms with Gasteiger partial charge < -0.3 is 10.4 Å². The number of amides is 1. The van der Waals surface area contributed by atoms with Crippen molar-refractivity contribution in [2.24, 2.45) is 5.41 Å². The van der Waals surface area contributed by atoms with Gasteiger partial charge >= 0.3 is 0 Å². The molecule has 1 rings (SSSR count). The first-order chi connectivity index (χ1) is 7.34. The van der Waals surface area contributed by atoms with E-state index in [-0.39, 0.29) is 12.5 Å². The molecule has 1 aromatic heterocycles. The van der Waals surface area contributed by atoms with E-state index >= 15 is 0 Å². The third-order valence-corrected chi connectivity index (χ3v) is 2.19. The fraction of sp³-hybridized carbons (Fsp3) is 0.500. The van der Waals surface area contributed by atoms with Gasteiger partial charge in [0.05, 0.1) is 18.0 Å². The second-order valence-electron chi connectivity index (χ2n) is 4.81. The van der Waals surface area contributed by atoms with Gasteiger partial charge in [0.1, 0.15) is 0 Å².